The highest BCUT2D eigenvalue weighted by Gasteiger charge is 2.20. The summed E-state index contributed by atoms with van der Waals surface area (Å²) < 4.78 is 11.7. The minimum absolute atomic E-state index is 0.107. The van der Waals surface area contributed by atoms with Crippen molar-refractivity contribution >= 4 is 34.0 Å². The van der Waals surface area contributed by atoms with E-state index < -0.39 is 5.91 Å². The minimum atomic E-state index is -0.479. The lowest BCUT2D eigenvalue weighted by Gasteiger charge is -2.10. The van der Waals surface area contributed by atoms with Gasteiger partial charge in [-0.15, -0.1) is 0 Å². The second-order valence-electron chi connectivity index (χ2n) is 5.46. The van der Waals surface area contributed by atoms with Crippen molar-refractivity contribution < 1.29 is 14.3 Å². The van der Waals surface area contributed by atoms with Crippen molar-refractivity contribution in [3.8, 4) is 11.5 Å². The Kier molecular flexibility index (Phi) is 3.58. The molecule has 4 rings (SSSR count). The third-order valence-corrected chi connectivity index (χ3v) is 4.19. The Labute approximate surface area is 146 Å². The number of hydrogen-bond donors (Lipinski definition) is 1. The molecular weight excluding hydrogens is 346 g/mol. The molecule has 1 aliphatic rings. The average molecular weight is 358 g/mol. The quantitative estimate of drug-likeness (QED) is 0.762. The first-order valence-electron chi connectivity index (χ1n) is 7.41. The molecule has 0 atom stereocenters. The van der Waals surface area contributed by atoms with Crippen LogP contribution < -0.4 is 20.3 Å². The number of halogens is 1. The number of fused-ring (bicyclic) bond motifs is 2. The highest BCUT2D eigenvalue weighted by Crippen LogP contribution is 2.39. The Bertz CT molecular complexity index is 1080. The Hall–Kier alpha value is -3.06. The van der Waals surface area contributed by atoms with E-state index in [2.05, 4.69) is 10.4 Å². The summed E-state index contributed by atoms with van der Waals surface area (Å²) >= 11 is 6.19. The van der Waals surface area contributed by atoms with Gasteiger partial charge in [0.05, 0.1) is 16.1 Å². The van der Waals surface area contributed by atoms with Gasteiger partial charge in [-0.3, -0.25) is 9.59 Å². The Morgan fingerprint density at radius 2 is 1.88 bits per heavy atom. The maximum absolute atomic E-state index is 12.7. The number of rotatable bonds is 2. The molecule has 8 heteroatoms. The smallest absolute Gasteiger partial charge is 0.276 e. The molecule has 0 saturated heterocycles. The van der Waals surface area contributed by atoms with Crippen LogP contribution in [0.15, 0.2) is 41.2 Å². The number of carbonyl (C=O) groups is 1. The fraction of sp³-hybridized carbons (Fsp3) is 0.118. The van der Waals surface area contributed by atoms with Crippen LogP contribution in [0, 0.1) is 0 Å². The van der Waals surface area contributed by atoms with E-state index in [1.54, 1.807) is 36.4 Å². The molecule has 25 heavy (non-hydrogen) atoms. The number of nitrogens with one attached hydrogen (secondary N) is 1. The largest absolute Gasteiger partial charge is 0.454 e. The molecule has 0 spiro atoms. The second-order valence-corrected chi connectivity index (χ2v) is 5.87. The summed E-state index contributed by atoms with van der Waals surface area (Å²) in [5.41, 5.74) is 0.232. The van der Waals surface area contributed by atoms with Crippen LogP contribution in [0.25, 0.3) is 10.8 Å². The maximum Gasteiger partial charge on any atom is 0.276 e. The fourth-order valence-corrected chi connectivity index (χ4v) is 2.86. The van der Waals surface area contributed by atoms with Crippen molar-refractivity contribution in [3.05, 3.63) is 57.5 Å². The summed E-state index contributed by atoms with van der Waals surface area (Å²) in [4.78, 5) is 24.9. The summed E-state index contributed by atoms with van der Waals surface area (Å²) in [6, 6.07) is 9.98. The molecule has 3 aromatic rings. The molecule has 1 N–H and O–H groups in total. The Morgan fingerprint density at radius 1 is 1.20 bits per heavy atom. The van der Waals surface area contributed by atoms with Crippen molar-refractivity contribution in [1.82, 2.24) is 9.78 Å². The molecule has 7 nitrogen and oxygen atoms in total. The molecule has 0 aliphatic carbocycles. The first-order valence-corrected chi connectivity index (χ1v) is 7.79. The van der Waals surface area contributed by atoms with Gasteiger partial charge >= 0.3 is 0 Å². The highest BCUT2D eigenvalue weighted by molar-refractivity contribution is 6.34. The van der Waals surface area contributed by atoms with Crippen LogP contribution in [0.4, 0.5) is 5.69 Å². The molecule has 1 aliphatic heterocycles. The van der Waals surface area contributed by atoms with E-state index in [0.717, 1.165) is 4.68 Å². The maximum atomic E-state index is 12.7. The van der Waals surface area contributed by atoms with Gasteiger partial charge in [0, 0.05) is 24.6 Å². The van der Waals surface area contributed by atoms with Crippen LogP contribution in [0.3, 0.4) is 0 Å². The van der Waals surface area contributed by atoms with E-state index in [1.807, 2.05) is 0 Å². The minimum Gasteiger partial charge on any atom is -0.454 e. The van der Waals surface area contributed by atoms with Gasteiger partial charge in [-0.2, -0.15) is 5.10 Å². The average Bonchev–Trinajstić information content (AvgIpc) is 3.05. The predicted molar refractivity (Wildman–Crippen MR) is 92.5 cm³/mol. The SMILES string of the molecule is Cn1nc(C(=O)Nc2cc3c(cc2Cl)OCO3)c2ccccc2c1=O. The van der Waals surface area contributed by atoms with Crippen LogP contribution in [0.2, 0.25) is 5.02 Å². The molecule has 0 radical (unpaired) electrons. The van der Waals surface area contributed by atoms with E-state index >= 15 is 0 Å². The van der Waals surface area contributed by atoms with Gasteiger partial charge in [-0.05, 0) is 6.07 Å². The zero-order valence-corrected chi connectivity index (χ0v) is 13.8. The zero-order chi connectivity index (χ0) is 17.6. The molecule has 0 unspecified atom stereocenters. The standard InChI is InChI=1S/C17H12ClN3O4/c1-21-17(23)10-5-3-2-4-9(10)15(20-21)16(22)19-12-7-14-13(6-11(12)18)24-8-25-14/h2-7H,8H2,1H3,(H,19,22). The summed E-state index contributed by atoms with van der Waals surface area (Å²) in [5.74, 6) is 0.541. The summed E-state index contributed by atoms with van der Waals surface area (Å²) in [7, 11) is 1.50. The van der Waals surface area contributed by atoms with Gasteiger partial charge < -0.3 is 14.8 Å². The van der Waals surface area contributed by atoms with Gasteiger partial charge in [0.2, 0.25) is 6.79 Å². The van der Waals surface area contributed by atoms with Gasteiger partial charge in [0.1, 0.15) is 0 Å². The number of anilines is 1. The fourth-order valence-electron chi connectivity index (χ4n) is 2.66. The Balaban J connectivity index is 1.77. The first kappa shape index (κ1) is 15.5. The molecule has 0 bridgehead atoms. The van der Waals surface area contributed by atoms with Crippen LogP contribution in [-0.2, 0) is 7.05 Å². The van der Waals surface area contributed by atoms with Crippen LogP contribution in [0.1, 0.15) is 10.5 Å². The van der Waals surface area contributed by atoms with Crippen LogP contribution in [-0.4, -0.2) is 22.5 Å². The highest BCUT2D eigenvalue weighted by atomic mass is 35.5. The Morgan fingerprint density at radius 3 is 2.64 bits per heavy atom. The van der Waals surface area contributed by atoms with Gasteiger partial charge in [0.25, 0.3) is 11.5 Å². The van der Waals surface area contributed by atoms with Crippen LogP contribution >= 0.6 is 11.6 Å². The summed E-state index contributed by atoms with van der Waals surface area (Å²) in [5, 5.41) is 8.01. The van der Waals surface area contributed by atoms with Crippen molar-refractivity contribution in [2.45, 2.75) is 0 Å². The van der Waals surface area contributed by atoms with E-state index in [-0.39, 0.29) is 18.0 Å². The monoisotopic (exact) mass is 357 g/mol. The number of nitrogens with zero attached hydrogens (tertiary/aromatic N) is 2. The van der Waals surface area contributed by atoms with Crippen molar-refractivity contribution in [2.75, 3.05) is 12.1 Å². The molecule has 126 valence electrons. The number of benzene rings is 2. The summed E-state index contributed by atoms with van der Waals surface area (Å²) in [6.45, 7) is 0.107. The van der Waals surface area contributed by atoms with E-state index in [4.69, 9.17) is 21.1 Å². The molecule has 1 amide bonds. The normalized spacial score (nSPS) is 12.4. The number of carbonyl (C=O) groups excluding carboxylic acids is 1. The van der Waals surface area contributed by atoms with Crippen molar-refractivity contribution in [2.24, 2.45) is 7.05 Å². The second kappa shape index (κ2) is 5.78. The first-order chi connectivity index (χ1) is 12.0. The molecule has 0 fully saturated rings. The molecular formula is C17H12ClN3O4. The number of hydrogen-bond acceptors (Lipinski definition) is 5. The molecule has 2 heterocycles. The number of amides is 1. The number of ether oxygens (including phenoxy) is 2. The zero-order valence-electron chi connectivity index (χ0n) is 13.1. The lowest BCUT2D eigenvalue weighted by Crippen LogP contribution is -2.25. The predicted octanol–water partition coefficient (Wildman–Crippen LogP) is 2.57. The summed E-state index contributed by atoms with van der Waals surface area (Å²) in [6.07, 6.45) is 0. The number of aromatic nitrogens is 2. The molecule has 1 aromatic heterocycles. The van der Waals surface area contributed by atoms with Gasteiger partial charge in [-0.25, -0.2) is 4.68 Å². The lowest BCUT2D eigenvalue weighted by molar-refractivity contribution is 0.102. The number of aryl methyl sites for hydroxylation is 1. The van der Waals surface area contributed by atoms with Crippen molar-refractivity contribution in [3.63, 3.8) is 0 Å². The van der Waals surface area contributed by atoms with Gasteiger partial charge in [-0.1, -0.05) is 29.8 Å². The molecule has 0 saturated carbocycles. The van der Waals surface area contributed by atoms with E-state index in [0.29, 0.717) is 33.0 Å². The van der Waals surface area contributed by atoms with E-state index in [1.165, 1.54) is 7.05 Å². The third-order valence-electron chi connectivity index (χ3n) is 3.88. The van der Waals surface area contributed by atoms with Crippen LogP contribution in [0.5, 0.6) is 11.5 Å². The lowest BCUT2D eigenvalue weighted by atomic mass is 10.1. The van der Waals surface area contributed by atoms with Gasteiger partial charge in [0.15, 0.2) is 17.2 Å². The van der Waals surface area contributed by atoms with E-state index in [9.17, 15) is 9.59 Å². The van der Waals surface area contributed by atoms with Crippen molar-refractivity contribution in [1.29, 1.82) is 0 Å². The third kappa shape index (κ3) is 2.58. The molecule has 2 aromatic carbocycles. The topological polar surface area (TPSA) is 82.5 Å².